The van der Waals surface area contributed by atoms with Crippen LogP contribution >= 0.6 is 11.6 Å². The lowest BCUT2D eigenvalue weighted by molar-refractivity contribution is -0.384. The molecule has 0 aliphatic carbocycles. The number of sulfonamides is 1. The summed E-state index contributed by atoms with van der Waals surface area (Å²) in [6.45, 7) is 6.77. The summed E-state index contributed by atoms with van der Waals surface area (Å²) in [6, 6.07) is 8.34. The highest BCUT2D eigenvalue weighted by atomic mass is 35.5. The van der Waals surface area contributed by atoms with Crippen LogP contribution in [0.25, 0.3) is 0 Å². The van der Waals surface area contributed by atoms with Crippen LogP contribution in [0.2, 0.25) is 5.02 Å². The molecule has 1 atom stereocenters. The molecule has 1 heterocycles. The molecule has 1 N–H and O–H groups in total. The van der Waals surface area contributed by atoms with Gasteiger partial charge in [0.15, 0.2) is 0 Å². The van der Waals surface area contributed by atoms with Crippen LogP contribution in [0.15, 0.2) is 41.3 Å². The number of hydrogen-bond acceptors (Lipinski definition) is 6. The van der Waals surface area contributed by atoms with Crippen LogP contribution in [0.3, 0.4) is 0 Å². The van der Waals surface area contributed by atoms with Gasteiger partial charge in [-0.2, -0.15) is 4.31 Å². The highest BCUT2D eigenvalue weighted by Gasteiger charge is 2.32. The molecule has 1 fully saturated rings. The Hall–Kier alpha value is -2.53. The summed E-state index contributed by atoms with van der Waals surface area (Å²) in [4.78, 5) is 25.2. The molecule has 32 heavy (non-hydrogen) atoms. The number of carbonyl (C=O) groups excluding carboxylic acids is 1. The normalized spacial score (nSPS) is 16.5. The SMILES string of the molecule is Cc1ccc(S(=O)(=O)N2CCN(C(C)C(=O)Nc3cc([N+](=O)[O-])ccc3Cl)CC2)cc1C. The van der Waals surface area contributed by atoms with Gasteiger partial charge in [-0.3, -0.25) is 19.8 Å². The molecule has 0 spiro atoms. The molecule has 1 amide bonds. The molecule has 0 radical (unpaired) electrons. The van der Waals surface area contributed by atoms with Gasteiger partial charge in [-0.25, -0.2) is 8.42 Å². The molecular weight excluding hydrogens is 456 g/mol. The van der Waals surface area contributed by atoms with Crippen molar-refractivity contribution in [3.63, 3.8) is 0 Å². The maximum atomic E-state index is 13.0. The van der Waals surface area contributed by atoms with E-state index in [4.69, 9.17) is 11.6 Å². The van der Waals surface area contributed by atoms with Crippen LogP contribution in [-0.4, -0.2) is 60.7 Å². The fourth-order valence-electron chi connectivity index (χ4n) is 3.48. The molecule has 0 aromatic heterocycles. The number of amides is 1. The summed E-state index contributed by atoms with van der Waals surface area (Å²) >= 11 is 6.06. The number of rotatable bonds is 6. The number of aryl methyl sites for hydroxylation is 2. The molecule has 0 bridgehead atoms. The van der Waals surface area contributed by atoms with Crippen molar-refractivity contribution in [2.24, 2.45) is 0 Å². The number of benzene rings is 2. The molecular formula is C21H25ClN4O5S. The second kappa shape index (κ2) is 9.53. The molecule has 11 heteroatoms. The Bertz CT molecular complexity index is 1150. The number of nitro groups is 1. The standard InChI is InChI=1S/C21H25ClN4O5S/c1-14-4-6-18(12-15(14)2)32(30,31)25-10-8-24(9-11-25)16(3)21(27)23-20-13-17(26(28)29)5-7-19(20)22/h4-7,12-13,16H,8-11H2,1-3H3,(H,23,27). The van der Waals surface area contributed by atoms with E-state index in [9.17, 15) is 23.3 Å². The van der Waals surface area contributed by atoms with Gasteiger partial charge in [0.25, 0.3) is 5.69 Å². The third-order valence-electron chi connectivity index (χ3n) is 5.74. The number of nitro benzene ring substituents is 1. The lowest BCUT2D eigenvalue weighted by atomic mass is 10.1. The number of nitrogens with zero attached hydrogens (tertiary/aromatic N) is 3. The van der Waals surface area contributed by atoms with Gasteiger partial charge < -0.3 is 5.32 Å². The van der Waals surface area contributed by atoms with Gasteiger partial charge >= 0.3 is 0 Å². The van der Waals surface area contributed by atoms with Crippen molar-refractivity contribution in [2.75, 3.05) is 31.5 Å². The third-order valence-corrected chi connectivity index (χ3v) is 7.96. The second-order valence-corrected chi connectivity index (χ2v) is 10.1. The van der Waals surface area contributed by atoms with E-state index in [1.807, 2.05) is 18.7 Å². The average molecular weight is 481 g/mol. The van der Waals surface area contributed by atoms with Gasteiger partial charge in [-0.1, -0.05) is 17.7 Å². The van der Waals surface area contributed by atoms with E-state index in [0.29, 0.717) is 13.1 Å². The number of nitrogens with one attached hydrogen (secondary N) is 1. The fourth-order valence-corrected chi connectivity index (χ4v) is 5.15. The maximum absolute atomic E-state index is 13.0. The first-order valence-electron chi connectivity index (χ1n) is 10.1. The van der Waals surface area contributed by atoms with Crippen LogP contribution in [0.1, 0.15) is 18.1 Å². The van der Waals surface area contributed by atoms with E-state index in [0.717, 1.165) is 11.1 Å². The Morgan fingerprint density at radius 3 is 2.34 bits per heavy atom. The van der Waals surface area contributed by atoms with Crippen molar-refractivity contribution in [1.82, 2.24) is 9.21 Å². The first-order chi connectivity index (χ1) is 15.0. The van der Waals surface area contributed by atoms with Crippen LogP contribution in [0.4, 0.5) is 11.4 Å². The fraction of sp³-hybridized carbons (Fsp3) is 0.381. The van der Waals surface area contributed by atoms with Crippen molar-refractivity contribution in [3.8, 4) is 0 Å². The van der Waals surface area contributed by atoms with E-state index in [2.05, 4.69) is 5.32 Å². The Labute approximate surface area is 192 Å². The molecule has 3 rings (SSSR count). The van der Waals surface area contributed by atoms with Crippen LogP contribution < -0.4 is 5.32 Å². The van der Waals surface area contributed by atoms with Gasteiger partial charge in [0.1, 0.15) is 0 Å². The van der Waals surface area contributed by atoms with E-state index >= 15 is 0 Å². The maximum Gasteiger partial charge on any atom is 0.271 e. The van der Waals surface area contributed by atoms with Crippen molar-refractivity contribution in [2.45, 2.75) is 31.7 Å². The molecule has 2 aromatic carbocycles. The number of piperazine rings is 1. The molecule has 1 unspecified atom stereocenters. The first kappa shape index (κ1) is 24.1. The third kappa shape index (κ3) is 5.09. The highest BCUT2D eigenvalue weighted by molar-refractivity contribution is 7.89. The largest absolute Gasteiger partial charge is 0.323 e. The average Bonchev–Trinajstić information content (AvgIpc) is 2.76. The van der Waals surface area contributed by atoms with E-state index in [1.54, 1.807) is 25.1 Å². The zero-order chi connectivity index (χ0) is 23.6. The minimum atomic E-state index is -3.61. The molecule has 172 valence electrons. The highest BCUT2D eigenvalue weighted by Crippen LogP contribution is 2.27. The van der Waals surface area contributed by atoms with E-state index in [-0.39, 0.29) is 40.3 Å². The second-order valence-electron chi connectivity index (χ2n) is 7.77. The van der Waals surface area contributed by atoms with Crippen molar-refractivity contribution < 1.29 is 18.1 Å². The summed E-state index contributed by atoms with van der Waals surface area (Å²) < 4.78 is 27.4. The van der Waals surface area contributed by atoms with Gasteiger partial charge in [0.05, 0.1) is 26.6 Å². The van der Waals surface area contributed by atoms with Crippen LogP contribution in [0.5, 0.6) is 0 Å². The predicted molar refractivity (Wildman–Crippen MR) is 122 cm³/mol. The van der Waals surface area contributed by atoms with Gasteiger partial charge in [0, 0.05) is 38.3 Å². The quantitative estimate of drug-likeness (QED) is 0.501. The Morgan fingerprint density at radius 2 is 1.75 bits per heavy atom. The van der Waals surface area contributed by atoms with E-state index in [1.165, 1.54) is 22.5 Å². The van der Waals surface area contributed by atoms with Gasteiger partial charge in [-0.15, -0.1) is 0 Å². The van der Waals surface area contributed by atoms with Gasteiger partial charge in [0.2, 0.25) is 15.9 Å². The zero-order valence-corrected chi connectivity index (χ0v) is 19.6. The number of carbonyl (C=O) groups is 1. The van der Waals surface area contributed by atoms with Crippen LogP contribution in [0, 0.1) is 24.0 Å². The predicted octanol–water partition coefficient (Wildman–Crippen LogP) is 3.20. The molecule has 1 aliphatic rings. The summed E-state index contributed by atoms with van der Waals surface area (Å²) in [5.41, 5.74) is 1.92. The van der Waals surface area contributed by atoms with E-state index < -0.39 is 21.0 Å². The number of hydrogen-bond donors (Lipinski definition) is 1. The molecule has 0 saturated carbocycles. The summed E-state index contributed by atoms with van der Waals surface area (Å²) in [6.07, 6.45) is 0. The topological polar surface area (TPSA) is 113 Å². The lowest BCUT2D eigenvalue weighted by Crippen LogP contribution is -2.53. The minimum absolute atomic E-state index is 0.161. The smallest absolute Gasteiger partial charge is 0.271 e. The summed E-state index contributed by atoms with van der Waals surface area (Å²) in [5.74, 6) is -0.377. The summed E-state index contributed by atoms with van der Waals surface area (Å²) in [7, 11) is -3.61. The van der Waals surface area contributed by atoms with Crippen molar-refractivity contribution in [1.29, 1.82) is 0 Å². The number of anilines is 1. The first-order valence-corrected chi connectivity index (χ1v) is 11.9. The molecule has 1 aliphatic heterocycles. The molecule has 1 saturated heterocycles. The Kier molecular flexibility index (Phi) is 7.19. The number of non-ortho nitro benzene ring substituents is 1. The van der Waals surface area contributed by atoms with Crippen LogP contribution in [-0.2, 0) is 14.8 Å². The lowest BCUT2D eigenvalue weighted by Gasteiger charge is -2.36. The monoisotopic (exact) mass is 480 g/mol. The van der Waals surface area contributed by atoms with Crippen molar-refractivity contribution in [3.05, 3.63) is 62.7 Å². The molecule has 9 nitrogen and oxygen atoms in total. The zero-order valence-electron chi connectivity index (χ0n) is 18.0. The summed E-state index contributed by atoms with van der Waals surface area (Å²) in [5, 5.41) is 13.8. The number of halogens is 1. The minimum Gasteiger partial charge on any atom is -0.323 e. The van der Waals surface area contributed by atoms with Crippen molar-refractivity contribution >= 4 is 38.9 Å². The van der Waals surface area contributed by atoms with Gasteiger partial charge in [-0.05, 0) is 50.1 Å². The Morgan fingerprint density at radius 1 is 1.09 bits per heavy atom. The Balaban J connectivity index is 1.64. The molecule has 2 aromatic rings.